The molecule has 1 aromatic heterocycles. The second kappa shape index (κ2) is 8.27. The molecule has 2 aliphatic heterocycles. The van der Waals surface area contributed by atoms with E-state index in [2.05, 4.69) is 52.5 Å². The first-order valence-corrected chi connectivity index (χ1v) is 9.80. The van der Waals surface area contributed by atoms with Crippen LogP contribution in [0.4, 0.5) is 0 Å². The van der Waals surface area contributed by atoms with Gasteiger partial charge in [-0.2, -0.15) is 0 Å². The van der Waals surface area contributed by atoms with Crippen molar-refractivity contribution in [3.05, 3.63) is 35.7 Å². The lowest BCUT2D eigenvalue weighted by Crippen LogP contribution is -2.36. The summed E-state index contributed by atoms with van der Waals surface area (Å²) in [5.41, 5.74) is 2.32. The molecule has 2 aromatic rings. The molecule has 3 heterocycles. The highest BCUT2D eigenvalue weighted by Gasteiger charge is 2.22. The van der Waals surface area contributed by atoms with Crippen LogP contribution in [0.15, 0.2) is 24.4 Å². The van der Waals surface area contributed by atoms with Crippen molar-refractivity contribution in [2.45, 2.75) is 32.5 Å². The van der Waals surface area contributed by atoms with E-state index in [0.29, 0.717) is 19.1 Å². The van der Waals surface area contributed by atoms with Crippen LogP contribution in [-0.2, 0) is 19.6 Å². The molecule has 0 bridgehead atoms. The average molecular weight is 371 g/mol. The quantitative estimate of drug-likeness (QED) is 0.774. The largest absolute Gasteiger partial charge is 0.486 e. The van der Waals surface area contributed by atoms with Crippen LogP contribution >= 0.6 is 0 Å². The Labute approximate surface area is 160 Å². The molecule has 0 saturated carbocycles. The first-order valence-electron chi connectivity index (χ1n) is 9.80. The van der Waals surface area contributed by atoms with Crippen molar-refractivity contribution in [3.63, 3.8) is 0 Å². The summed E-state index contributed by atoms with van der Waals surface area (Å²) in [7, 11) is 4.10. The van der Waals surface area contributed by atoms with E-state index in [9.17, 15) is 0 Å². The molecule has 0 spiro atoms. The van der Waals surface area contributed by atoms with Crippen LogP contribution in [0.1, 0.15) is 24.1 Å². The minimum Gasteiger partial charge on any atom is -0.486 e. The Morgan fingerprint density at radius 3 is 2.89 bits per heavy atom. The van der Waals surface area contributed by atoms with Gasteiger partial charge in [-0.3, -0.25) is 9.58 Å². The second-order valence-electron chi connectivity index (χ2n) is 7.89. The summed E-state index contributed by atoms with van der Waals surface area (Å²) >= 11 is 0. The summed E-state index contributed by atoms with van der Waals surface area (Å²) < 4.78 is 13.3. The maximum Gasteiger partial charge on any atom is 0.161 e. The van der Waals surface area contributed by atoms with Gasteiger partial charge >= 0.3 is 0 Å². The van der Waals surface area contributed by atoms with Gasteiger partial charge in [0.1, 0.15) is 13.2 Å². The van der Waals surface area contributed by atoms with Crippen molar-refractivity contribution >= 4 is 0 Å². The van der Waals surface area contributed by atoms with Crippen LogP contribution in [0.2, 0.25) is 0 Å². The van der Waals surface area contributed by atoms with E-state index < -0.39 is 0 Å². The second-order valence-corrected chi connectivity index (χ2v) is 7.89. The van der Waals surface area contributed by atoms with Crippen molar-refractivity contribution in [2.24, 2.45) is 5.92 Å². The van der Waals surface area contributed by atoms with Crippen LogP contribution in [0.3, 0.4) is 0 Å². The molecule has 1 saturated heterocycles. The highest BCUT2D eigenvalue weighted by atomic mass is 16.6. The molecule has 146 valence electrons. The van der Waals surface area contributed by atoms with Gasteiger partial charge < -0.3 is 14.4 Å². The van der Waals surface area contributed by atoms with E-state index in [1.807, 2.05) is 10.7 Å². The first-order chi connectivity index (χ1) is 13.2. The van der Waals surface area contributed by atoms with Crippen LogP contribution < -0.4 is 9.47 Å². The summed E-state index contributed by atoms with van der Waals surface area (Å²) in [5.74, 6) is 2.36. The van der Waals surface area contributed by atoms with E-state index in [4.69, 9.17) is 9.47 Å². The van der Waals surface area contributed by atoms with Gasteiger partial charge in [0.05, 0.1) is 5.69 Å². The van der Waals surface area contributed by atoms with E-state index >= 15 is 0 Å². The number of likely N-dealkylation sites (tertiary alicyclic amines) is 1. The Morgan fingerprint density at radius 2 is 2.04 bits per heavy atom. The van der Waals surface area contributed by atoms with Crippen molar-refractivity contribution in [1.82, 2.24) is 24.8 Å². The lowest BCUT2D eigenvalue weighted by molar-refractivity contribution is 0.151. The molecule has 7 heteroatoms. The zero-order chi connectivity index (χ0) is 18.6. The fraction of sp³-hybridized carbons (Fsp3) is 0.600. The summed E-state index contributed by atoms with van der Waals surface area (Å²) in [6, 6.07) is 6.32. The minimum atomic E-state index is 0.616. The zero-order valence-corrected chi connectivity index (χ0v) is 16.3. The van der Waals surface area contributed by atoms with E-state index in [1.54, 1.807) is 0 Å². The third-order valence-electron chi connectivity index (χ3n) is 5.13. The number of benzene rings is 1. The molecule has 1 aromatic carbocycles. The molecule has 4 rings (SSSR count). The lowest BCUT2D eigenvalue weighted by atomic mass is 9.97. The molecule has 27 heavy (non-hydrogen) atoms. The van der Waals surface area contributed by atoms with Crippen LogP contribution in [0.5, 0.6) is 11.5 Å². The highest BCUT2D eigenvalue weighted by molar-refractivity contribution is 5.43. The van der Waals surface area contributed by atoms with Gasteiger partial charge in [0.15, 0.2) is 11.5 Å². The molecule has 0 amide bonds. The number of piperidine rings is 1. The Balaban J connectivity index is 1.33. The average Bonchev–Trinajstić information content (AvgIpc) is 3.08. The first kappa shape index (κ1) is 18.3. The van der Waals surface area contributed by atoms with E-state index in [1.165, 1.54) is 18.4 Å². The molecule has 0 unspecified atom stereocenters. The molecule has 1 fully saturated rings. The fourth-order valence-corrected chi connectivity index (χ4v) is 3.98. The predicted octanol–water partition coefficient (Wildman–Crippen LogP) is 2.02. The monoisotopic (exact) mass is 371 g/mol. The molecule has 7 nitrogen and oxygen atoms in total. The van der Waals surface area contributed by atoms with Crippen LogP contribution in [-0.4, -0.2) is 65.2 Å². The topological polar surface area (TPSA) is 55.7 Å². The third-order valence-corrected chi connectivity index (χ3v) is 5.13. The van der Waals surface area contributed by atoms with Gasteiger partial charge in [0.2, 0.25) is 0 Å². The molecule has 0 aliphatic carbocycles. The van der Waals surface area contributed by atoms with E-state index in [0.717, 1.165) is 49.9 Å². The standard InChI is InChI=1S/C20H29N5O2/c1-23(2)14-18-15-25(22-21-18)13-17-4-3-7-24(12-17)11-16-5-6-19-20(10-16)27-9-8-26-19/h5-6,10,15,17H,3-4,7-9,11-14H2,1-2H3/t17-/m0/s1. The Bertz CT molecular complexity index is 761. The fourth-order valence-electron chi connectivity index (χ4n) is 3.98. The van der Waals surface area contributed by atoms with Crippen LogP contribution in [0.25, 0.3) is 0 Å². The maximum atomic E-state index is 5.72. The Kier molecular flexibility index (Phi) is 5.59. The summed E-state index contributed by atoms with van der Waals surface area (Å²) in [6.07, 6.45) is 4.56. The molecule has 1 atom stereocenters. The highest BCUT2D eigenvalue weighted by Crippen LogP contribution is 2.31. The van der Waals surface area contributed by atoms with Crippen molar-refractivity contribution in [3.8, 4) is 11.5 Å². The maximum absolute atomic E-state index is 5.72. The summed E-state index contributed by atoms with van der Waals surface area (Å²) in [5, 5.41) is 8.59. The lowest BCUT2D eigenvalue weighted by Gasteiger charge is -2.32. The predicted molar refractivity (Wildman–Crippen MR) is 103 cm³/mol. The molecular weight excluding hydrogens is 342 g/mol. The Morgan fingerprint density at radius 1 is 1.19 bits per heavy atom. The van der Waals surface area contributed by atoms with Gasteiger partial charge in [0.25, 0.3) is 0 Å². The number of hydrogen-bond donors (Lipinski definition) is 0. The number of rotatable bonds is 6. The number of fused-ring (bicyclic) bond motifs is 1. The zero-order valence-electron chi connectivity index (χ0n) is 16.3. The minimum absolute atomic E-state index is 0.616. The van der Waals surface area contributed by atoms with Gasteiger partial charge in [-0.25, -0.2) is 0 Å². The molecule has 2 aliphatic rings. The third kappa shape index (κ3) is 4.78. The SMILES string of the molecule is CN(C)Cc1cn(C[C@H]2CCCN(Cc3ccc4c(c3)OCCO4)C2)nn1. The van der Waals surface area contributed by atoms with E-state index in [-0.39, 0.29) is 0 Å². The molecule has 0 radical (unpaired) electrons. The van der Waals surface area contributed by atoms with Crippen molar-refractivity contribution < 1.29 is 9.47 Å². The number of hydrogen-bond acceptors (Lipinski definition) is 6. The Hall–Kier alpha value is -2.12. The normalized spacial score (nSPS) is 20.2. The van der Waals surface area contributed by atoms with Gasteiger partial charge in [0, 0.05) is 32.4 Å². The summed E-state index contributed by atoms with van der Waals surface area (Å²) in [4.78, 5) is 4.65. The number of ether oxygens (including phenoxy) is 2. The van der Waals surface area contributed by atoms with Crippen molar-refractivity contribution in [1.29, 1.82) is 0 Å². The van der Waals surface area contributed by atoms with Gasteiger partial charge in [-0.15, -0.1) is 5.10 Å². The number of aromatic nitrogens is 3. The van der Waals surface area contributed by atoms with Gasteiger partial charge in [-0.1, -0.05) is 11.3 Å². The van der Waals surface area contributed by atoms with Crippen LogP contribution in [0, 0.1) is 5.92 Å². The number of nitrogens with zero attached hydrogens (tertiary/aromatic N) is 5. The molecule has 0 N–H and O–H groups in total. The van der Waals surface area contributed by atoms with Gasteiger partial charge in [-0.05, 0) is 57.1 Å². The van der Waals surface area contributed by atoms with Crippen molar-refractivity contribution in [2.75, 3.05) is 40.4 Å². The molecular formula is C20H29N5O2. The summed E-state index contributed by atoms with van der Waals surface area (Å²) in [6.45, 7) is 6.25. The smallest absolute Gasteiger partial charge is 0.161 e.